The molecule has 0 spiro atoms. The van der Waals surface area contributed by atoms with Gasteiger partial charge in [-0.1, -0.05) is 29.8 Å². The predicted octanol–water partition coefficient (Wildman–Crippen LogP) is 3.95. The molecule has 2 amide bonds. The molecule has 0 unspecified atom stereocenters. The molecule has 1 aliphatic carbocycles. The summed E-state index contributed by atoms with van der Waals surface area (Å²) < 4.78 is 0. The third kappa shape index (κ3) is 7.66. The van der Waals surface area contributed by atoms with Crippen LogP contribution in [-0.2, 0) is 24.2 Å². The van der Waals surface area contributed by atoms with Crippen molar-refractivity contribution in [1.29, 1.82) is 0 Å². The number of alkyl halides is 1. The predicted molar refractivity (Wildman–Crippen MR) is 144 cm³/mol. The van der Waals surface area contributed by atoms with E-state index in [1.165, 1.54) is 29.9 Å². The molecule has 2 aromatic carbocycles. The molecule has 8 nitrogen and oxygen atoms in total. The molecule has 36 heavy (non-hydrogen) atoms. The van der Waals surface area contributed by atoms with E-state index in [0.29, 0.717) is 16.8 Å². The van der Waals surface area contributed by atoms with Gasteiger partial charge < -0.3 is 16.6 Å². The van der Waals surface area contributed by atoms with E-state index in [-0.39, 0.29) is 37.3 Å². The number of nitrogens with two attached hydrogens (primary N) is 2. The van der Waals surface area contributed by atoms with Crippen LogP contribution in [0.5, 0.6) is 0 Å². The van der Waals surface area contributed by atoms with Crippen LogP contribution in [0.15, 0.2) is 67.0 Å². The van der Waals surface area contributed by atoms with E-state index in [1.807, 2.05) is 18.2 Å². The van der Waals surface area contributed by atoms with Gasteiger partial charge in [0.1, 0.15) is 0 Å². The molecule has 1 aliphatic rings. The number of carboxylic acid groups (broad SMARTS) is 1. The maximum absolute atomic E-state index is 12.7. The number of primary amides is 1. The minimum atomic E-state index is -1.54. The Hall–Kier alpha value is -3.17. The normalized spacial score (nSPS) is 11.9. The van der Waals surface area contributed by atoms with E-state index < -0.39 is 17.4 Å². The van der Waals surface area contributed by atoms with Crippen molar-refractivity contribution in [2.24, 2.45) is 11.5 Å². The van der Waals surface area contributed by atoms with Gasteiger partial charge in [0, 0.05) is 23.9 Å². The summed E-state index contributed by atoms with van der Waals surface area (Å²) in [6.45, 7) is 0.275. The van der Waals surface area contributed by atoms with Crippen molar-refractivity contribution in [3.8, 4) is 0 Å². The van der Waals surface area contributed by atoms with Gasteiger partial charge in [-0.15, -0.1) is 24.8 Å². The van der Waals surface area contributed by atoms with Gasteiger partial charge >= 0.3 is 5.97 Å². The fourth-order valence-corrected chi connectivity index (χ4v) is 3.85. The number of benzene rings is 2. The first kappa shape index (κ1) is 30.9. The largest absolute Gasteiger partial charge is 0.479 e. The summed E-state index contributed by atoms with van der Waals surface area (Å²) in [5.41, 5.74) is 13.9. The van der Waals surface area contributed by atoms with E-state index in [1.54, 1.807) is 36.4 Å². The molecule has 11 heteroatoms. The van der Waals surface area contributed by atoms with E-state index in [2.05, 4.69) is 4.98 Å². The van der Waals surface area contributed by atoms with Crippen molar-refractivity contribution in [3.63, 3.8) is 0 Å². The summed E-state index contributed by atoms with van der Waals surface area (Å²) in [5.74, 6) is -2.19. The van der Waals surface area contributed by atoms with Gasteiger partial charge in [0.05, 0.1) is 11.9 Å². The Balaban J connectivity index is 0.000000393. The zero-order valence-electron chi connectivity index (χ0n) is 19.2. The van der Waals surface area contributed by atoms with Gasteiger partial charge in [-0.25, -0.2) is 4.79 Å². The number of fused-ring (bicyclic) bond motifs is 1. The van der Waals surface area contributed by atoms with Crippen molar-refractivity contribution in [3.05, 3.63) is 94.8 Å². The number of amides is 2. The molecular weight excluding hydrogens is 527 g/mol. The van der Waals surface area contributed by atoms with Crippen LogP contribution in [0.25, 0.3) is 0 Å². The third-order valence-electron chi connectivity index (χ3n) is 5.37. The fourth-order valence-electron chi connectivity index (χ4n) is 3.65. The average Bonchev–Trinajstić information content (AvgIpc) is 3.33. The van der Waals surface area contributed by atoms with E-state index in [0.717, 1.165) is 23.3 Å². The number of aliphatic carboxylic acids is 1. The summed E-state index contributed by atoms with van der Waals surface area (Å²) in [6, 6.07) is 15.6. The second-order valence-electron chi connectivity index (χ2n) is 7.67. The summed E-state index contributed by atoms with van der Waals surface area (Å²) in [6.07, 6.45) is 6.34. The molecule has 192 valence electrons. The highest BCUT2D eigenvalue weighted by Gasteiger charge is 2.30. The maximum atomic E-state index is 12.7. The number of anilines is 1. The highest BCUT2D eigenvalue weighted by atomic mass is 35.5. The smallest absolute Gasteiger partial charge is 0.342 e. The number of hydrogen-bond acceptors (Lipinski definition) is 5. The standard InChI is InChI=1S/C15H14ClN3O3.C10H11NO.2ClH/c16-13(15(21)22)19(12-5-2-6-18-9-12)14(20)11-4-1-3-10(7-11)8-17;11-10(12)9-5-4-7-2-1-3-8(7)6-9;;/h1-7,9,13H,8,17H2,(H,21,22);4-6H,1-3H2,(H2,11,12);2*1H/t13-;;;/m1.../s1. The van der Waals surface area contributed by atoms with Crippen LogP contribution in [0, 0.1) is 0 Å². The molecule has 1 heterocycles. The minimum absolute atomic E-state index is 0. The lowest BCUT2D eigenvalue weighted by Gasteiger charge is -2.25. The Bertz CT molecular complexity index is 1190. The number of pyridine rings is 1. The van der Waals surface area contributed by atoms with Crippen molar-refractivity contribution >= 4 is 59.9 Å². The highest BCUT2D eigenvalue weighted by Crippen LogP contribution is 2.23. The highest BCUT2D eigenvalue weighted by molar-refractivity contribution is 6.34. The topological polar surface area (TPSA) is 140 Å². The number of aromatic nitrogens is 1. The van der Waals surface area contributed by atoms with Crippen molar-refractivity contribution in [2.75, 3.05) is 4.90 Å². The fraction of sp³-hybridized carbons (Fsp3) is 0.200. The average molecular weight is 554 g/mol. The first-order chi connectivity index (χ1) is 16.3. The van der Waals surface area contributed by atoms with Crippen LogP contribution in [0.2, 0.25) is 0 Å². The SMILES string of the molecule is Cl.Cl.NC(=O)c1ccc2c(c1)CCC2.NCc1cccc(C(=O)N(c2cccnc2)[C@@H](Cl)C(=O)O)c1. The van der Waals surface area contributed by atoms with Gasteiger partial charge in [0.25, 0.3) is 5.91 Å². The second-order valence-corrected chi connectivity index (χ2v) is 8.08. The molecular formula is C25H27Cl3N4O4. The molecule has 0 aliphatic heterocycles. The van der Waals surface area contributed by atoms with Crippen LogP contribution < -0.4 is 16.4 Å². The molecule has 0 bridgehead atoms. The zero-order chi connectivity index (χ0) is 24.7. The maximum Gasteiger partial charge on any atom is 0.342 e. The van der Waals surface area contributed by atoms with Crippen LogP contribution in [0.1, 0.15) is 43.8 Å². The number of rotatable bonds is 6. The first-order valence-electron chi connectivity index (χ1n) is 10.6. The number of carbonyl (C=O) groups excluding carboxylic acids is 2. The van der Waals surface area contributed by atoms with Gasteiger partial charge in [-0.2, -0.15) is 0 Å². The molecule has 3 aromatic rings. The lowest BCUT2D eigenvalue weighted by Crippen LogP contribution is -2.42. The van der Waals surface area contributed by atoms with Crippen molar-refractivity contribution in [2.45, 2.75) is 31.3 Å². The lowest BCUT2D eigenvalue weighted by atomic mass is 10.1. The van der Waals surface area contributed by atoms with Crippen LogP contribution in [-0.4, -0.2) is 33.4 Å². The minimum Gasteiger partial charge on any atom is -0.479 e. The second kappa shape index (κ2) is 14.4. The summed E-state index contributed by atoms with van der Waals surface area (Å²) >= 11 is 5.89. The number of halogens is 3. The quantitative estimate of drug-likeness (QED) is 0.312. The molecule has 0 saturated heterocycles. The molecule has 0 radical (unpaired) electrons. The molecule has 4 rings (SSSR count). The van der Waals surface area contributed by atoms with Gasteiger partial charge in [-0.3, -0.25) is 19.5 Å². The molecule has 0 fully saturated rings. The lowest BCUT2D eigenvalue weighted by molar-refractivity contribution is -0.136. The number of nitrogens with zero attached hydrogens (tertiary/aromatic N) is 2. The van der Waals surface area contributed by atoms with E-state index in [9.17, 15) is 14.4 Å². The Morgan fingerprint density at radius 1 is 1.00 bits per heavy atom. The number of carbonyl (C=O) groups is 3. The third-order valence-corrected chi connectivity index (χ3v) is 5.75. The Morgan fingerprint density at radius 2 is 1.72 bits per heavy atom. The number of carboxylic acids is 1. The summed E-state index contributed by atoms with van der Waals surface area (Å²) in [5, 5.41) is 9.14. The van der Waals surface area contributed by atoms with Gasteiger partial charge in [0.2, 0.25) is 11.4 Å². The summed E-state index contributed by atoms with van der Waals surface area (Å²) in [7, 11) is 0. The van der Waals surface area contributed by atoms with Crippen molar-refractivity contribution < 1.29 is 19.5 Å². The van der Waals surface area contributed by atoms with Crippen molar-refractivity contribution in [1.82, 2.24) is 4.98 Å². The van der Waals surface area contributed by atoms with Crippen LogP contribution in [0.4, 0.5) is 5.69 Å². The first-order valence-corrected chi connectivity index (χ1v) is 11.1. The molecule has 1 aromatic heterocycles. The Morgan fingerprint density at radius 3 is 2.33 bits per heavy atom. The molecule has 5 N–H and O–H groups in total. The van der Waals surface area contributed by atoms with Gasteiger partial charge in [0.15, 0.2) is 0 Å². The van der Waals surface area contributed by atoms with Crippen LogP contribution >= 0.6 is 36.4 Å². The number of aryl methyl sites for hydroxylation is 2. The number of hydrogen-bond donors (Lipinski definition) is 3. The Labute approximate surface area is 226 Å². The monoisotopic (exact) mass is 552 g/mol. The molecule has 0 saturated carbocycles. The Kier molecular flexibility index (Phi) is 12.3. The zero-order valence-corrected chi connectivity index (χ0v) is 21.6. The van der Waals surface area contributed by atoms with Crippen LogP contribution in [0.3, 0.4) is 0 Å². The van der Waals surface area contributed by atoms with E-state index >= 15 is 0 Å². The van der Waals surface area contributed by atoms with E-state index in [4.69, 9.17) is 28.2 Å². The van der Waals surface area contributed by atoms with Gasteiger partial charge in [-0.05, 0) is 72.4 Å². The summed E-state index contributed by atoms with van der Waals surface area (Å²) in [4.78, 5) is 39.6. The molecule has 1 atom stereocenters.